The highest BCUT2D eigenvalue weighted by molar-refractivity contribution is 5.60. The van der Waals surface area contributed by atoms with Crippen molar-refractivity contribution in [3.05, 3.63) is 84.7 Å². The van der Waals surface area contributed by atoms with Crippen molar-refractivity contribution in [3.8, 4) is 28.6 Å². The number of nitrogens with zero attached hydrogens (tertiary/aromatic N) is 3. The van der Waals surface area contributed by atoms with Gasteiger partial charge in [0, 0.05) is 16.8 Å². The first-order valence-corrected chi connectivity index (χ1v) is 9.78. The molecule has 0 bridgehead atoms. The van der Waals surface area contributed by atoms with Gasteiger partial charge in [-0.25, -0.2) is 9.67 Å². The maximum Gasteiger partial charge on any atom is 0.573 e. The van der Waals surface area contributed by atoms with Gasteiger partial charge in [-0.05, 0) is 54.6 Å². The Hall–Kier alpha value is -4.05. The second kappa shape index (κ2) is 9.21. The van der Waals surface area contributed by atoms with Gasteiger partial charge in [0.15, 0.2) is 12.1 Å². The van der Waals surface area contributed by atoms with E-state index in [0.29, 0.717) is 28.5 Å². The van der Waals surface area contributed by atoms with Gasteiger partial charge in [0.05, 0.1) is 12.8 Å². The zero-order valence-electron chi connectivity index (χ0n) is 17.3. The van der Waals surface area contributed by atoms with Crippen LogP contribution in [0.25, 0.3) is 17.1 Å². The van der Waals surface area contributed by atoms with Gasteiger partial charge >= 0.3 is 6.36 Å². The van der Waals surface area contributed by atoms with Gasteiger partial charge in [-0.1, -0.05) is 18.2 Å². The van der Waals surface area contributed by atoms with E-state index in [-0.39, 0.29) is 5.75 Å². The number of ether oxygens (including phenoxy) is 2. The van der Waals surface area contributed by atoms with Crippen molar-refractivity contribution < 1.29 is 27.8 Å². The van der Waals surface area contributed by atoms with Crippen LogP contribution in [-0.4, -0.2) is 33.3 Å². The quantitative estimate of drug-likeness (QED) is 0.383. The second-order valence-corrected chi connectivity index (χ2v) is 6.92. The smallest absolute Gasteiger partial charge is 0.496 e. The average Bonchev–Trinajstić information content (AvgIpc) is 3.29. The number of halogens is 3. The molecular weight excluding hydrogens is 437 g/mol. The van der Waals surface area contributed by atoms with Gasteiger partial charge in [-0.15, -0.1) is 18.3 Å². The van der Waals surface area contributed by atoms with Crippen LogP contribution in [-0.2, 0) is 0 Å². The Morgan fingerprint density at radius 1 is 0.970 bits per heavy atom. The Kier molecular flexibility index (Phi) is 6.18. The fraction of sp³-hybridized carbons (Fsp3) is 0.130. The molecule has 4 aromatic rings. The number of hydrogen-bond acceptors (Lipinski definition) is 6. The maximum absolute atomic E-state index is 12.3. The third kappa shape index (κ3) is 5.42. The zero-order valence-corrected chi connectivity index (χ0v) is 17.3. The molecule has 7 nitrogen and oxygen atoms in total. The van der Waals surface area contributed by atoms with E-state index >= 15 is 0 Å². The lowest BCUT2D eigenvalue weighted by Crippen LogP contribution is -2.17. The minimum absolute atomic E-state index is 0.315. The molecule has 1 unspecified atom stereocenters. The second-order valence-electron chi connectivity index (χ2n) is 6.92. The summed E-state index contributed by atoms with van der Waals surface area (Å²) in [6.07, 6.45) is -4.24. The van der Waals surface area contributed by atoms with E-state index in [9.17, 15) is 18.3 Å². The third-order valence-corrected chi connectivity index (χ3v) is 4.71. The van der Waals surface area contributed by atoms with Crippen LogP contribution in [0.15, 0.2) is 79.1 Å². The highest BCUT2D eigenvalue weighted by Crippen LogP contribution is 2.27. The molecule has 0 radical (unpaired) electrons. The van der Waals surface area contributed by atoms with Crippen LogP contribution < -0.4 is 14.8 Å². The van der Waals surface area contributed by atoms with Crippen molar-refractivity contribution in [2.75, 3.05) is 12.4 Å². The molecular formula is C23H19F3N4O3. The van der Waals surface area contributed by atoms with E-state index in [1.54, 1.807) is 36.4 Å². The molecule has 1 atom stereocenters. The zero-order chi connectivity index (χ0) is 23.4. The van der Waals surface area contributed by atoms with Crippen molar-refractivity contribution in [2.45, 2.75) is 12.6 Å². The first-order chi connectivity index (χ1) is 15.8. The number of aliphatic hydroxyl groups excluding tert-OH is 1. The minimum Gasteiger partial charge on any atom is -0.496 e. The van der Waals surface area contributed by atoms with Crippen LogP contribution in [0.1, 0.15) is 11.8 Å². The summed E-state index contributed by atoms with van der Waals surface area (Å²) in [7, 11) is 1.54. The molecule has 1 heterocycles. The highest BCUT2D eigenvalue weighted by Gasteiger charge is 2.31. The molecule has 3 aromatic carbocycles. The Morgan fingerprint density at radius 2 is 1.67 bits per heavy atom. The molecule has 0 aliphatic rings. The molecule has 0 aliphatic heterocycles. The molecule has 170 valence electrons. The predicted molar refractivity (Wildman–Crippen MR) is 115 cm³/mol. The molecule has 1 aromatic heterocycles. The van der Waals surface area contributed by atoms with Crippen LogP contribution in [0.4, 0.5) is 18.9 Å². The van der Waals surface area contributed by atoms with Crippen molar-refractivity contribution in [2.24, 2.45) is 0 Å². The van der Waals surface area contributed by atoms with Gasteiger partial charge in [-0.2, -0.15) is 0 Å². The summed E-state index contributed by atoms with van der Waals surface area (Å²) in [6.45, 7) is 0. The topological polar surface area (TPSA) is 81.4 Å². The van der Waals surface area contributed by atoms with E-state index in [0.717, 1.165) is 5.56 Å². The summed E-state index contributed by atoms with van der Waals surface area (Å²) in [4.78, 5) is 4.26. The van der Waals surface area contributed by atoms with E-state index in [2.05, 4.69) is 20.1 Å². The van der Waals surface area contributed by atoms with Crippen molar-refractivity contribution in [3.63, 3.8) is 0 Å². The van der Waals surface area contributed by atoms with E-state index in [4.69, 9.17) is 4.74 Å². The Balaban J connectivity index is 1.45. The van der Waals surface area contributed by atoms with E-state index < -0.39 is 12.6 Å². The van der Waals surface area contributed by atoms with Crippen LogP contribution in [0.2, 0.25) is 0 Å². The van der Waals surface area contributed by atoms with E-state index in [1.165, 1.54) is 42.4 Å². The van der Waals surface area contributed by atoms with Gasteiger partial charge < -0.3 is 19.9 Å². The molecule has 0 fully saturated rings. The molecule has 0 saturated carbocycles. The Labute approximate surface area is 187 Å². The first-order valence-electron chi connectivity index (χ1n) is 9.78. The lowest BCUT2D eigenvalue weighted by Gasteiger charge is -2.17. The highest BCUT2D eigenvalue weighted by atomic mass is 19.4. The summed E-state index contributed by atoms with van der Waals surface area (Å²) in [5, 5.41) is 17.9. The largest absolute Gasteiger partial charge is 0.573 e. The van der Waals surface area contributed by atoms with Gasteiger partial charge in [0.25, 0.3) is 0 Å². The van der Waals surface area contributed by atoms with Crippen molar-refractivity contribution in [1.29, 1.82) is 0 Å². The standard InChI is InChI=1S/C23H19F3N4O3/c1-32-20-5-3-2-4-19(20)22(31)28-16-8-6-15(7-9-16)21-27-14-30(29-21)17-10-12-18(13-11-17)33-23(24,25)26/h2-14,22,28,31H,1H3. The van der Waals surface area contributed by atoms with Gasteiger partial charge in [0.2, 0.25) is 0 Å². The number of aliphatic hydroxyl groups is 1. The number of rotatable bonds is 7. The van der Waals surface area contributed by atoms with Crippen molar-refractivity contribution in [1.82, 2.24) is 14.8 Å². The summed E-state index contributed by atoms with van der Waals surface area (Å²) < 4.78 is 47.5. The number of para-hydroxylation sites is 1. The van der Waals surface area contributed by atoms with E-state index in [1.807, 2.05) is 12.1 Å². The summed E-state index contributed by atoms with van der Waals surface area (Å²) >= 11 is 0. The van der Waals surface area contributed by atoms with Crippen LogP contribution in [0.5, 0.6) is 11.5 Å². The molecule has 2 N–H and O–H groups in total. The molecule has 0 amide bonds. The van der Waals surface area contributed by atoms with Crippen LogP contribution >= 0.6 is 0 Å². The minimum atomic E-state index is -4.74. The Bertz CT molecular complexity index is 1210. The molecule has 4 rings (SSSR count). The van der Waals surface area contributed by atoms with Crippen LogP contribution in [0.3, 0.4) is 0 Å². The van der Waals surface area contributed by atoms with Gasteiger partial charge in [-0.3, -0.25) is 0 Å². The molecule has 0 saturated heterocycles. The number of nitrogens with one attached hydrogen (secondary N) is 1. The molecule has 10 heteroatoms. The Morgan fingerprint density at radius 3 is 2.33 bits per heavy atom. The third-order valence-electron chi connectivity index (χ3n) is 4.71. The summed E-state index contributed by atoms with van der Waals surface area (Å²) in [6, 6.07) is 19.6. The van der Waals surface area contributed by atoms with Crippen molar-refractivity contribution >= 4 is 5.69 Å². The average molecular weight is 456 g/mol. The molecule has 0 aliphatic carbocycles. The monoisotopic (exact) mass is 456 g/mol. The first kappa shape index (κ1) is 22.2. The van der Waals surface area contributed by atoms with Gasteiger partial charge in [0.1, 0.15) is 17.8 Å². The number of benzene rings is 3. The normalized spacial score (nSPS) is 12.3. The number of anilines is 1. The summed E-state index contributed by atoms with van der Waals surface area (Å²) in [5.74, 6) is 0.689. The fourth-order valence-electron chi connectivity index (χ4n) is 3.16. The van der Waals surface area contributed by atoms with Crippen LogP contribution in [0, 0.1) is 0 Å². The summed E-state index contributed by atoms with van der Waals surface area (Å²) in [5.41, 5.74) is 2.54. The molecule has 0 spiro atoms. The lowest BCUT2D eigenvalue weighted by atomic mass is 10.1. The SMILES string of the molecule is COc1ccccc1C(O)Nc1ccc(-c2ncn(-c3ccc(OC(F)(F)F)cc3)n2)cc1. The lowest BCUT2D eigenvalue weighted by molar-refractivity contribution is -0.274. The fourth-order valence-corrected chi connectivity index (χ4v) is 3.16. The molecule has 33 heavy (non-hydrogen) atoms. The maximum atomic E-state index is 12.3. The number of methoxy groups -OCH3 is 1. The predicted octanol–water partition coefficient (Wildman–Crippen LogP) is 4.94. The number of aromatic nitrogens is 3. The number of hydrogen-bond donors (Lipinski definition) is 2. The number of alkyl halides is 3.